The van der Waals surface area contributed by atoms with Crippen molar-refractivity contribution in [2.45, 2.75) is 31.7 Å². The Kier molecular flexibility index (Phi) is 11.0. The van der Waals surface area contributed by atoms with Crippen LogP contribution in [-0.4, -0.2) is 84.1 Å². The molecular formula is C31H25ClF9N3O6. The highest BCUT2D eigenvalue weighted by molar-refractivity contribution is 6.32. The molecule has 0 aliphatic carbocycles. The van der Waals surface area contributed by atoms with Gasteiger partial charge in [0.2, 0.25) is 0 Å². The van der Waals surface area contributed by atoms with Crippen molar-refractivity contribution in [3.05, 3.63) is 76.3 Å². The number of nitrogens with one attached hydrogen (secondary N) is 1. The molecular weight excluding hydrogens is 717 g/mol. The number of nitrogens with zero attached hydrogens (tertiary/aromatic N) is 2. The van der Waals surface area contributed by atoms with E-state index in [1.165, 1.54) is 4.90 Å². The van der Waals surface area contributed by atoms with Gasteiger partial charge in [-0.25, -0.2) is 4.79 Å². The van der Waals surface area contributed by atoms with Gasteiger partial charge in [0.15, 0.2) is 6.61 Å². The number of ether oxygens (including phenoxy) is 2. The molecule has 2 N–H and O–H groups in total. The molecule has 1 saturated heterocycles. The second kappa shape index (κ2) is 14.5. The Labute approximate surface area is 282 Å². The number of carbonyl (C=O) groups excluding carboxylic acids is 2. The Morgan fingerprint density at radius 2 is 1.62 bits per heavy atom. The number of hydrogen-bond donors (Lipinski definition) is 2. The zero-order valence-corrected chi connectivity index (χ0v) is 26.2. The van der Waals surface area contributed by atoms with Gasteiger partial charge in [-0.05, 0) is 60.0 Å². The van der Waals surface area contributed by atoms with Gasteiger partial charge < -0.3 is 29.7 Å². The SMILES string of the molecule is Cc1cc(-c2ccc3c(c2)C(=O)N2CCN(C(=O)COc4ccc(OC(F)(F)F)cc4Cl)C[C@H]2CN3)cc(C(F)(F)F)c1.O=C(O)C(F)(F)F. The minimum atomic E-state index is -5.08. The maximum Gasteiger partial charge on any atom is 0.573 e. The number of hydrogen-bond acceptors (Lipinski definition) is 6. The summed E-state index contributed by atoms with van der Waals surface area (Å²) in [5, 5.41) is 10.2. The lowest BCUT2D eigenvalue weighted by molar-refractivity contribution is -0.274. The lowest BCUT2D eigenvalue weighted by Gasteiger charge is -2.40. The fraction of sp³-hybridized carbons (Fsp3) is 0.323. The second-order valence-corrected chi connectivity index (χ2v) is 11.4. The van der Waals surface area contributed by atoms with E-state index in [1.807, 2.05) is 0 Å². The van der Waals surface area contributed by atoms with Crippen molar-refractivity contribution in [2.75, 3.05) is 38.1 Å². The summed E-state index contributed by atoms with van der Waals surface area (Å²) < 4.78 is 118. The monoisotopic (exact) mass is 741 g/mol. The number of benzene rings is 3. The first kappa shape index (κ1) is 37.9. The van der Waals surface area contributed by atoms with E-state index in [1.54, 1.807) is 36.1 Å². The predicted octanol–water partition coefficient (Wildman–Crippen LogP) is 7.02. The molecule has 0 unspecified atom stereocenters. The quantitative estimate of drug-likeness (QED) is 0.271. The molecule has 0 spiro atoms. The van der Waals surface area contributed by atoms with Crippen LogP contribution in [0.15, 0.2) is 54.6 Å². The highest BCUT2D eigenvalue weighted by Gasteiger charge is 2.39. The number of carboxylic acid groups (broad SMARTS) is 1. The first-order chi connectivity index (χ1) is 23.1. The summed E-state index contributed by atoms with van der Waals surface area (Å²) >= 11 is 5.98. The number of alkyl halides is 9. The second-order valence-electron chi connectivity index (χ2n) is 11.0. The summed E-state index contributed by atoms with van der Waals surface area (Å²) in [5.41, 5.74) is 1.29. The molecule has 19 heteroatoms. The average Bonchev–Trinajstić information content (AvgIpc) is 3.14. The van der Waals surface area contributed by atoms with Crippen LogP contribution in [0, 0.1) is 6.92 Å². The maximum atomic E-state index is 13.6. The normalized spacial score (nSPS) is 16.2. The molecule has 1 atom stereocenters. The first-order valence-corrected chi connectivity index (χ1v) is 14.6. The van der Waals surface area contributed by atoms with Crippen molar-refractivity contribution in [1.82, 2.24) is 9.80 Å². The van der Waals surface area contributed by atoms with E-state index in [-0.39, 0.29) is 36.3 Å². The summed E-state index contributed by atoms with van der Waals surface area (Å²) in [5.74, 6) is -4.02. The lowest BCUT2D eigenvalue weighted by Crippen LogP contribution is -2.58. The van der Waals surface area contributed by atoms with Gasteiger partial charge in [-0.3, -0.25) is 9.59 Å². The highest BCUT2D eigenvalue weighted by atomic mass is 35.5. The number of aliphatic carboxylic acids is 1. The molecule has 9 nitrogen and oxygen atoms in total. The van der Waals surface area contributed by atoms with E-state index in [2.05, 4.69) is 10.1 Å². The van der Waals surface area contributed by atoms with E-state index in [9.17, 15) is 49.1 Å². The van der Waals surface area contributed by atoms with Crippen molar-refractivity contribution in [2.24, 2.45) is 0 Å². The van der Waals surface area contributed by atoms with Crippen LogP contribution < -0.4 is 14.8 Å². The minimum Gasteiger partial charge on any atom is -0.482 e. The third-order valence-electron chi connectivity index (χ3n) is 7.34. The van der Waals surface area contributed by atoms with Crippen LogP contribution in [0.3, 0.4) is 0 Å². The zero-order chi connectivity index (χ0) is 37.2. The lowest BCUT2D eigenvalue weighted by atomic mass is 9.97. The number of anilines is 1. The van der Waals surface area contributed by atoms with Crippen molar-refractivity contribution in [3.8, 4) is 22.6 Å². The molecule has 0 aromatic heterocycles. The summed E-state index contributed by atoms with van der Waals surface area (Å²) in [6.45, 7) is 2.03. The van der Waals surface area contributed by atoms with Crippen LogP contribution in [0.25, 0.3) is 11.1 Å². The van der Waals surface area contributed by atoms with Crippen molar-refractivity contribution < 1.29 is 68.5 Å². The fourth-order valence-corrected chi connectivity index (χ4v) is 5.33. The molecule has 2 amide bonds. The molecule has 0 bridgehead atoms. The Bertz CT molecular complexity index is 1770. The van der Waals surface area contributed by atoms with Gasteiger partial charge in [-0.15, -0.1) is 13.2 Å². The smallest absolute Gasteiger partial charge is 0.482 e. The van der Waals surface area contributed by atoms with Crippen molar-refractivity contribution in [1.29, 1.82) is 0 Å². The summed E-state index contributed by atoms with van der Waals surface area (Å²) in [4.78, 5) is 38.5. The molecule has 2 heterocycles. The summed E-state index contributed by atoms with van der Waals surface area (Å²) in [6, 6.07) is 11.3. The number of piperazine rings is 1. The third-order valence-corrected chi connectivity index (χ3v) is 7.64. The Morgan fingerprint density at radius 3 is 2.22 bits per heavy atom. The molecule has 1 fully saturated rings. The van der Waals surface area contributed by atoms with Crippen LogP contribution in [-0.2, 0) is 15.8 Å². The number of aryl methyl sites for hydroxylation is 1. The van der Waals surface area contributed by atoms with Crippen LogP contribution in [0.1, 0.15) is 21.5 Å². The van der Waals surface area contributed by atoms with Gasteiger partial charge in [-0.2, -0.15) is 26.3 Å². The van der Waals surface area contributed by atoms with E-state index in [0.717, 1.165) is 30.3 Å². The van der Waals surface area contributed by atoms with Gasteiger partial charge in [0, 0.05) is 37.9 Å². The molecule has 5 rings (SSSR count). The largest absolute Gasteiger partial charge is 0.573 e. The van der Waals surface area contributed by atoms with E-state index < -0.39 is 54.6 Å². The topological polar surface area (TPSA) is 108 Å². The van der Waals surface area contributed by atoms with E-state index >= 15 is 0 Å². The van der Waals surface area contributed by atoms with Gasteiger partial charge in [-0.1, -0.05) is 23.7 Å². The van der Waals surface area contributed by atoms with Crippen molar-refractivity contribution >= 4 is 35.1 Å². The van der Waals surface area contributed by atoms with Gasteiger partial charge in [0.05, 0.1) is 22.2 Å². The number of amides is 2. The van der Waals surface area contributed by atoms with Crippen LogP contribution in [0.2, 0.25) is 5.02 Å². The molecule has 2 aliphatic heterocycles. The molecule has 3 aromatic rings. The predicted molar refractivity (Wildman–Crippen MR) is 159 cm³/mol. The Morgan fingerprint density at radius 1 is 0.940 bits per heavy atom. The molecule has 2 aliphatic rings. The number of carbonyl (C=O) groups is 3. The molecule has 0 saturated carbocycles. The standard InChI is InChI=1S/C29H24ClF6N3O4.C2HF3O2/c1-16-8-18(10-19(9-16)28(31,32)33)17-2-4-24-22(11-17)27(41)39-7-6-38(14-20(39)13-37-24)26(40)15-42-25-5-3-21(12-23(25)30)43-29(34,35)36;3-2(4,5)1(6)7/h2-5,8-12,20,37H,6-7,13-15H2,1H3;(H,6,7)/t20-;/m1./s1. The first-order valence-electron chi connectivity index (χ1n) is 14.3. The molecule has 3 aromatic carbocycles. The van der Waals surface area contributed by atoms with E-state index in [0.29, 0.717) is 34.5 Å². The number of carboxylic acids is 1. The third kappa shape index (κ3) is 9.64. The molecule has 0 radical (unpaired) electrons. The summed E-state index contributed by atoms with van der Waals surface area (Å²) in [7, 11) is 0. The van der Waals surface area contributed by atoms with Gasteiger partial charge in [0.25, 0.3) is 11.8 Å². The highest BCUT2D eigenvalue weighted by Crippen LogP contribution is 2.36. The summed E-state index contributed by atoms with van der Waals surface area (Å²) in [6.07, 6.45) is -14.5. The van der Waals surface area contributed by atoms with Crippen LogP contribution in [0.5, 0.6) is 11.5 Å². The minimum absolute atomic E-state index is 0.00305. The number of fused-ring (bicyclic) bond motifs is 2. The molecule has 50 heavy (non-hydrogen) atoms. The number of halogens is 10. The van der Waals surface area contributed by atoms with Crippen LogP contribution >= 0.6 is 11.6 Å². The fourth-order valence-electron chi connectivity index (χ4n) is 5.10. The Hall–Kier alpha value is -4.87. The maximum absolute atomic E-state index is 13.6. The van der Waals surface area contributed by atoms with Gasteiger partial charge >= 0.3 is 24.7 Å². The van der Waals surface area contributed by atoms with E-state index in [4.69, 9.17) is 26.2 Å². The number of rotatable bonds is 5. The van der Waals surface area contributed by atoms with Crippen molar-refractivity contribution in [3.63, 3.8) is 0 Å². The Balaban J connectivity index is 0.000000727. The van der Waals surface area contributed by atoms with Gasteiger partial charge in [0.1, 0.15) is 11.5 Å². The average molecular weight is 742 g/mol. The van der Waals surface area contributed by atoms with Crippen LogP contribution in [0.4, 0.5) is 45.2 Å². The zero-order valence-electron chi connectivity index (χ0n) is 25.5. The molecule has 270 valence electrons.